The number of H-pyrrole nitrogens is 1. The summed E-state index contributed by atoms with van der Waals surface area (Å²) in [4.78, 5) is 12.8. The molecule has 5 aromatic rings. The third-order valence-corrected chi connectivity index (χ3v) is 5.89. The van der Waals surface area contributed by atoms with E-state index in [1.165, 1.54) is 22.3 Å². The number of hydrogen-bond acceptors (Lipinski definition) is 3. The molecule has 4 heteroatoms. The topological polar surface area (TPSA) is 53.6 Å². The molecule has 0 saturated carbocycles. The quantitative estimate of drug-likeness (QED) is 0.395. The summed E-state index contributed by atoms with van der Waals surface area (Å²) in [5.41, 5.74) is 8.17. The van der Waals surface area contributed by atoms with Crippen LogP contribution >= 0.6 is 0 Å². The minimum absolute atomic E-state index is 0.327. The Kier molecular flexibility index (Phi) is 3.88. The Balaban J connectivity index is 1.39. The lowest BCUT2D eigenvalue weighted by molar-refractivity contribution is 0.782. The fourth-order valence-corrected chi connectivity index (χ4v) is 4.44. The van der Waals surface area contributed by atoms with Crippen molar-refractivity contribution in [1.82, 2.24) is 15.0 Å². The first kappa shape index (κ1) is 17.0. The average molecular weight is 388 g/mol. The Morgan fingerprint density at radius 1 is 0.900 bits per heavy atom. The Bertz CT molecular complexity index is 1350. The Hall–Kier alpha value is -3.92. The second-order valence-corrected chi connectivity index (χ2v) is 7.73. The number of rotatable bonds is 3. The lowest BCUT2D eigenvalue weighted by Gasteiger charge is -2.27. The van der Waals surface area contributed by atoms with Crippen molar-refractivity contribution in [3.05, 3.63) is 108 Å². The maximum Gasteiger partial charge on any atom is 0.227 e. The van der Waals surface area contributed by atoms with E-state index < -0.39 is 0 Å². The predicted molar refractivity (Wildman–Crippen MR) is 121 cm³/mol. The van der Waals surface area contributed by atoms with E-state index in [2.05, 4.69) is 88.1 Å². The number of nitrogens with one attached hydrogen (secondary N) is 2. The summed E-state index contributed by atoms with van der Waals surface area (Å²) in [7, 11) is 0. The normalized spacial score (nSPS) is 14.9. The summed E-state index contributed by atoms with van der Waals surface area (Å²) >= 11 is 0. The number of aromatic amines is 1. The van der Waals surface area contributed by atoms with Crippen LogP contribution in [0.1, 0.15) is 22.6 Å². The summed E-state index contributed by atoms with van der Waals surface area (Å²) < 4.78 is 0. The maximum absolute atomic E-state index is 4.92. The van der Waals surface area contributed by atoms with E-state index in [1.54, 1.807) is 0 Å². The van der Waals surface area contributed by atoms with Gasteiger partial charge in [0.2, 0.25) is 5.95 Å². The summed E-state index contributed by atoms with van der Waals surface area (Å²) in [6.45, 7) is 0. The maximum atomic E-state index is 4.92. The van der Waals surface area contributed by atoms with Gasteiger partial charge in [-0.2, -0.15) is 0 Å². The van der Waals surface area contributed by atoms with Crippen LogP contribution in [0.25, 0.3) is 22.2 Å². The van der Waals surface area contributed by atoms with Gasteiger partial charge in [0.1, 0.15) is 0 Å². The molecule has 2 N–H and O–H groups in total. The van der Waals surface area contributed by atoms with Crippen LogP contribution in [0, 0.1) is 0 Å². The van der Waals surface area contributed by atoms with Crippen molar-refractivity contribution in [3.63, 3.8) is 0 Å². The highest BCUT2D eigenvalue weighted by Gasteiger charge is 2.27. The third-order valence-electron chi connectivity index (χ3n) is 5.89. The Morgan fingerprint density at radius 2 is 1.77 bits per heavy atom. The largest absolute Gasteiger partial charge is 0.361 e. The minimum atomic E-state index is 0.327. The van der Waals surface area contributed by atoms with Crippen LogP contribution in [0.2, 0.25) is 0 Å². The van der Waals surface area contributed by atoms with Crippen molar-refractivity contribution in [2.24, 2.45) is 0 Å². The van der Waals surface area contributed by atoms with Crippen molar-refractivity contribution in [1.29, 1.82) is 0 Å². The number of benzene rings is 3. The summed E-state index contributed by atoms with van der Waals surface area (Å²) in [5.74, 6) is 0.949. The molecule has 30 heavy (non-hydrogen) atoms. The molecule has 1 aliphatic carbocycles. The van der Waals surface area contributed by atoms with Crippen LogP contribution in [0.3, 0.4) is 0 Å². The fourth-order valence-electron chi connectivity index (χ4n) is 4.44. The lowest BCUT2D eigenvalue weighted by Crippen LogP contribution is -2.14. The molecule has 4 nitrogen and oxygen atoms in total. The first-order valence-corrected chi connectivity index (χ1v) is 10.2. The van der Waals surface area contributed by atoms with Crippen LogP contribution in [0.15, 0.2) is 91.3 Å². The monoisotopic (exact) mass is 388 g/mol. The minimum Gasteiger partial charge on any atom is -0.361 e. The zero-order chi connectivity index (χ0) is 19.9. The van der Waals surface area contributed by atoms with Gasteiger partial charge in [-0.25, -0.2) is 9.97 Å². The molecule has 0 radical (unpaired) electrons. The average Bonchev–Trinajstić information content (AvgIpc) is 3.27. The fraction of sp³-hybridized carbons (Fsp3) is 0.0769. The molecule has 2 heterocycles. The molecule has 0 fully saturated rings. The molecular weight excluding hydrogens is 368 g/mol. The van der Waals surface area contributed by atoms with Crippen LogP contribution in [0.4, 0.5) is 11.6 Å². The number of hydrogen-bond donors (Lipinski definition) is 2. The van der Waals surface area contributed by atoms with Crippen molar-refractivity contribution in [2.45, 2.75) is 12.3 Å². The number of nitrogens with zero attached hydrogens (tertiary/aromatic N) is 2. The van der Waals surface area contributed by atoms with Gasteiger partial charge in [0, 0.05) is 40.5 Å². The molecule has 6 rings (SSSR count). The second-order valence-electron chi connectivity index (χ2n) is 7.73. The van der Waals surface area contributed by atoms with Gasteiger partial charge >= 0.3 is 0 Å². The molecule has 0 spiro atoms. The van der Waals surface area contributed by atoms with Crippen molar-refractivity contribution < 1.29 is 0 Å². The van der Waals surface area contributed by atoms with Crippen molar-refractivity contribution in [3.8, 4) is 11.3 Å². The summed E-state index contributed by atoms with van der Waals surface area (Å²) in [5, 5.41) is 4.53. The van der Waals surface area contributed by atoms with Crippen LogP contribution in [-0.2, 0) is 6.42 Å². The van der Waals surface area contributed by atoms with Gasteiger partial charge in [-0.1, -0.05) is 54.6 Å². The number of fused-ring (bicyclic) bond motifs is 4. The van der Waals surface area contributed by atoms with E-state index in [1.807, 2.05) is 18.5 Å². The SMILES string of the molecule is c1ccc(C2Cc3cnc(Nc4ccc5[nH]ccc5c4)nc3-c3ccccc32)cc1. The first-order chi connectivity index (χ1) is 14.8. The predicted octanol–water partition coefficient (Wildman–Crippen LogP) is 6.06. The zero-order valence-electron chi connectivity index (χ0n) is 16.3. The van der Waals surface area contributed by atoms with Gasteiger partial charge in [0.15, 0.2) is 0 Å². The highest BCUT2D eigenvalue weighted by molar-refractivity contribution is 5.83. The third kappa shape index (κ3) is 2.85. The van der Waals surface area contributed by atoms with Gasteiger partial charge in [-0.15, -0.1) is 0 Å². The van der Waals surface area contributed by atoms with Crippen LogP contribution in [0.5, 0.6) is 0 Å². The highest BCUT2D eigenvalue weighted by Crippen LogP contribution is 2.41. The molecule has 0 aliphatic heterocycles. The van der Waals surface area contributed by atoms with Gasteiger partial charge in [0.25, 0.3) is 0 Å². The Morgan fingerprint density at radius 3 is 2.70 bits per heavy atom. The zero-order valence-corrected chi connectivity index (χ0v) is 16.3. The van der Waals surface area contributed by atoms with E-state index in [4.69, 9.17) is 4.98 Å². The van der Waals surface area contributed by atoms with Crippen LogP contribution in [-0.4, -0.2) is 15.0 Å². The molecule has 1 aliphatic rings. The molecular formula is C26H20N4. The summed E-state index contributed by atoms with van der Waals surface area (Å²) in [6.07, 6.45) is 4.83. The number of anilines is 2. The van der Waals surface area contributed by atoms with Crippen molar-refractivity contribution in [2.75, 3.05) is 5.32 Å². The summed E-state index contributed by atoms with van der Waals surface area (Å²) in [6, 6.07) is 27.6. The molecule has 3 aromatic carbocycles. The molecule has 144 valence electrons. The van der Waals surface area contributed by atoms with E-state index in [0.29, 0.717) is 11.9 Å². The number of aromatic nitrogens is 3. The lowest BCUT2D eigenvalue weighted by atomic mass is 9.78. The Labute approximate surface area is 174 Å². The van der Waals surface area contributed by atoms with E-state index in [-0.39, 0.29) is 0 Å². The second kappa shape index (κ2) is 6.85. The van der Waals surface area contributed by atoms with Crippen LogP contribution < -0.4 is 5.32 Å². The molecule has 0 bridgehead atoms. The van der Waals surface area contributed by atoms with E-state index in [9.17, 15) is 0 Å². The molecule has 1 atom stereocenters. The highest BCUT2D eigenvalue weighted by atomic mass is 15.1. The van der Waals surface area contributed by atoms with E-state index in [0.717, 1.165) is 28.7 Å². The molecule has 0 amide bonds. The van der Waals surface area contributed by atoms with Gasteiger partial charge in [-0.05, 0) is 47.4 Å². The van der Waals surface area contributed by atoms with Gasteiger partial charge < -0.3 is 10.3 Å². The standard InChI is InChI=1S/C26H20N4/c1-2-6-17(7-3-1)23-15-19-16-28-26(30-25(19)22-9-5-4-8-21(22)23)29-20-10-11-24-18(14-20)12-13-27-24/h1-14,16,23,27H,15H2,(H,28,29,30). The van der Waals surface area contributed by atoms with Gasteiger partial charge in [-0.3, -0.25) is 0 Å². The molecule has 0 saturated heterocycles. The molecule has 2 aromatic heterocycles. The smallest absolute Gasteiger partial charge is 0.227 e. The van der Waals surface area contributed by atoms with E-state index >= 15 is 0 Å². The van der Waals surface area contributed by atoms with Crippen molar-refractivity contribution >= 4 is 22.5 Å². The molecule has 1 unspecified atom stereocenters. The first-order valence-electron chi connectivity index (χ1n) is 10.2. The van der Waals surface area contributed by atoms with Gasteiger partial charge in [0.05, 0.1) is 5.69 Å².